The number of aryl methyl sites for hydroxylation is 1. The van der Waals surface area contributed by atoms with Crippen molar-refractivity contribution < 1.29 is 9.59 Å². The van der Waals surface area contributed by atoms with Crippen LogP contribution in [0.25, 0.3) is 0 Å². The minimum atomic E-state index is -0.392. The number of nitrogens with one attached hydrogen (secondary N) is 1. The summed E-state index contributed by atoms with van der Waals surface area (Å²) in [5, 5.41) is 2.97. The SMILES string of the molecule is C[C@@H]1CCC[C@H](N)C(=O)CCc2ccccc2NC1=O. The highest BCUT2D eigenvalue weighted by molar-refractivity contribution is 5.93. The zero-order valence-electron chi connectivity index (χ0n) is 11.9. The lowest BCUT2D eigenvalue weighted by Crippen LogP contribution is -2.31. The van der Waals surface area contributed by atoms with Gasteiger partial charge in [-0.1, -0.05) is 31.5 Å². The van der Waals surface area contributed by atoms with Crippen LogP contribution >= 0.6 is 0 Å². The number of para-hydroxylation sites is 1. The zero-order chi connectivity index (χ0) is 14.5. The van der Waals surface area contributed by atoms with Crippen LogP contribution in [-0.4, -0.2) is 17.7 Å². The van der Waals surface area contributed by atoms with Crippen molar-refractivity contribution in [2.75, 3.05) is 5.32 Å². The summed E-state index contributed by atoms with van der Waals surface area (Å²) in [7, 11) is 0. The van der Waals surface area contributed by atoms with Gasteiger partial charge >= 0.3 is 0 Å². The Morgan fingerprint density at radius 1 is 1.15 bits per heavy atom. The van der Waals surface area contributed by atoms with E-state index < -0.39 is 6.04 Å². The second-order valence-corrected chi connectivity index (χ2v) is 5.55. The Balaban J connectivity index is 2.22. The van der Waals surface area contributed by atoms with Crippen LogP contribution in [-0.2, 0) is 16.0 Å². The normalized spacial score (nSPS) is 25.1. The van der Waals surface area contributed by atoms with Crippen molar-refractivity contribution in [3.8, 4) is 0 Å². The van der Waals surface area contributed by atoms with Crippen molar-refractivity contribution in [1.29, 1.82) is 0 Å². The second kappa shape index (κ2) is 6.66. The molecule has 0 saturated heterocycles. The van der Waals surface area contributed by atoms with Gasteiger partial charge in [-0.3, -0.25) is 9.59 Å². The molecular weight excluding hydrogens is 252 g/mol. The topological polar surface area (TPSA) is 72.2 Å². The Labute approximate surface area is 119 Å². The highest BCUT2D eigenvalue weighted by Gasteiger charge is 2.19. The molecule has 4 nitrogen and oxygen atoms in total. The molecule has 1 amide bonds. The molecule has 0 unspecified atom stereocenters. The van der Waals surface area contributed by atoms with Crippen molar-refractivity contribution >= 4 is 17.4 Å². The number of ketones is 1. The molecule has 0 radical (unpaired) electrons. The number of amides is 1. The molecule has 0 fully saturated rings. The monoisotopic (exact) mass is 274 g/mol. The number of hydrogen-bond acceptors (Lipinski definition) is 3. The summed E-state index contributed by atoms with van der Waals surface area (Å²) >= 11 is 0. The van der Waals surface area contributed by atoms with Gasteiger partial charge in [0.1, 0.15) is 5.78 Å². The molecule has 1 heterocycles. The summed E-state index contributed by atoms with van der Waals surface area (Å²) in [6.45, 7) is 1.91. The first-order valence-corrected chi connectivity index (χ1v) is 7.25. The van der Waals surface area contributed by atoms with E-state index in [1.54, 1.807) is 0 Å². The first-order valence-electron chi connectivity index (χ1n) is 7.25. The second-order valence-electron chi connectivity index (χ2n) is 5.55. The lowest BCUT2D eigenvalue weighted by Gasteiger charge is -2.18. The standard InChI is InChI=1S/C16H22N2O2/c1-11-5-4-7-13(17)15(19)10-9-12-6-2-3-8-14(12)18-16(11)20/h2-3,6,8,11,13H,4-5,7,9-10,17H2,1H3,(H,18,20)/t11-,13+/m1/s1. The third kappa shape index (κ3) is 3.67. The van der Waals surface area contributed by atoms with Crippen LogP contribution in [0.4, 0.5) is 5.69 Å². The van der Waals surface area contributed by atoms with Crippen LogP contribution in [0.3, 0.4) is 0 Å². The first-order chi connectivity index (χ1) is 9.58. The minimum absolute atomic E-state index is 0.0397. The van der Waals surface area contributed by atoms with Crippen LogP contribution < -0.4 is 11.1 Å². The van der Waals surface area contributed by atoms with Crippen LogP contribution in [0.2, 0.25) is 0 Å². The van der Waals surface area contributed by atoms with E-state index in [0.717, 1.165) is 24.1 Å². The summed E-state index contributed by atoms with van der Waals surface area (Å²) in [5.74, 6) is 0.0852. The smallest absolute Gasteiger partial charge is 0.227 e. The van der Waals surface area contributed by atoms with Crippen molar-refractivity contribution in [2.24, 2.45) is 11.7 Å². The number of anilines is 1. The van der Waals surface area contributed by atoms with Gasteiger partial charge in [0.15, 0.2) is 0 Å². The number of benzene rings is 1. The van der Waals surface area contributed by atoms with E-state index in [1.807, 2.05) is 31.2 Å². The van der Waals surface area contributed by atoms with E-state index in [2.05, 4.69) is 5.32 Å². The third-order valence-corrected chi connectivity index (χ3v) is 3.93. The molecule has 1 aliphatic heterocycles. The number of Topliss-reactive ketones (excluding diaryl/α,β-unsaturated/α-hetero) is 1. The maximum atomic E-state index is 12.1. The Morgan fingerprint density at radius 3 is 2.70 bits per heavy atom. The summed E-state index contributed by atoms with van der Waals surface area (Å²) < 4.78 is 0. The molecule has 1 aromatic rings. The summed E-state index contributed by atoms with van der Waals surface area (Å²) in [4.78, 5) is 24.1. The summed E-state index contributed by atoms with van der Waals surface area (Å²) in [6, 6.07) is 7.26. The van der Waals surface area contributed by atoms with Gasteiger partial charge < -0.3 is 11.1 Å². The fourth-order valence-electron chi connectivity index (χ4n) is 2.50. The zero-order valence-corrected chi connectivity index (χ0v) is 11.9. The fraction of sp³-hybridized carbons (Fsp3) is 0.500. The molecule has 2 rings (SSSR count). The fourth-order valence-corrected chi connectivity index (χ4v) is 2.50. The van der Waals surface area contributed by atoms with Gasteiger partial charge in [-0.15, -0.1) is 0 Å². The van der Waals surface area contributed by atoms with E-state index in [0.29, 0.717) is 19.3 Å². The molecule has 0 spiro atoms. The molecule has 0 bridgehead atoms. The van der Waals surface area contributed by atoms with E-state index in [1.165, 1.54) is 0 Å². The van der Waals surface area contributed by atoms with Gasteiger partial charge in [0.05, 0.1) is 6.04 Å². The average molecular weight is 274 g/mol. The lowest BCUT2D eigenvalue weighted by atomic mass is 9.95. The highest BCUT2D eigenvalue weighted by Crippen LogP contribution is 2.21. The molecule has 0 aliphatic carbocycles. The predicted molar refractivity (Wildman–Crippen MR) is 79.4 cm³/mol. The quantitative estimate of drug-likeness (QED) is 0.762. The van der Waals surface area contributed by atoms with E-state index in [-0.39, 0.29) is 17.6 Å². The highest BCUT2D eigenvalue weighted by atomic mass is 16.2. The Hall–Kier alpha value is -1.68. The molecular formula is C16H22N2O2. The molecule has 108 valence electrons. The molecule has 4 heteroatoms. The molecule has 0 saturated carbocycles. The number of fused-ring (bicyclic) bond motifs is 1. The number of carbonyl (C=O) groups is 2. The van der Waals surface area contributed by atoms with Gasteiger partial charge in [0.25, 0.3) is 0 Å². The van der Waals surface area contributed by atoms with Crippen LogP contribution in [0.15, 0.2) is 24.3 Å². The molecule has 2 atom stereocenters. The van der Waals surface area contributed by atoms with Crippen LogP contribution in [0.1, 0.15) is 38.2 Å². The van der Waals surface area contributed by atoms with Gasteiger partial charge in [-0.2, -0.15) is 0 Å². The number of nitrogens with two attached hydrogens (primary N) is 1. The predicted octanol–water partition coefficient (Wildman–Crippen LogP) is 2.27. The average Bonchev–Trinajstić information content (AvgIpc) is 2.44. The van der Waals surface area contributed by atoms with Gasteiger partial charge in [-0.05, 0) is 30.9 Å². The molecule has 20 heavy (non-hydrogen) atoms. The summed E-state index contributed by atoms with van der Waals surface area (Å²) in [6.07, 6.45) is 3.29. The molecule has 1 aromatic carbocycles. The molecule has 1 aliphatic rings. The number of hydrogen-bond donors (Lipinski definition) is 2. The Kier molecular flexibility index (Phi) is 4.90. The van der Waals surface area contributed by atoms with Crippen molar-refractivity contribution in [3.05, 3.63) is 29.8 Å². The van der Waals surface area contributed by atoms with Gasteiger partial charge in [0.2, 0.25) is 5.91 Å². The largest absolute Gasteiger partial charge is 0.326 e. The van der Waals surface area contributed by atoms with Crippen LogP contribution in [0, 0.1) is 5.92 Å². The third-order valence-electron chi connectivity index (χ3n) is 3.93. The molecule has 3 N–H and O–H groups in total. The Bertz CT molecular complexity index is 499. The van der Waals surface area contributed by atoms with Crippen LogP contribution in [0.5, 0.6) is 0 Å². The maximum absolute atomic E-state index is 12.1. The number of rotatable bonds is 0. The molecule has 0 aromatic heterocycles. The van der Waals surface area contributed by atoms with Gasteiger partial charge in [0, 0.05) is 18.0 Å². The lowest BCUT2D eigenvalue weighted by molar-refractivity contribution is -0.120. The number of carbonyl (C=O) groups excluding carboxylic acids is 2. The first kappa shape index (κ1) is 14.7. The summed E-state index contributed by atoms with van der Waals surface area (Å²) in [5.41, 5.74) is 7.71. The van der Waals surface area contributed by atoms with Crippen molar-refractivity contribution in [3.63, 3.8) is 0 Å². The van der Waals surface area contributed by atoms with Crippen molar-refractivity contribution in [2.45, 2.75) is 45.1 Å². The van der Waals surface area contributed by atoms with Crippen molar-refractivity contribution in [1.82, 2.24) is 0 Å². The van der Waals surface area contributed by atoms with E-state index in [9.17, 15) is 9.59 Å². The van der Waals surface area contributed by atoms with Gasteiger partial charge in [-0.25, -0.2) is 0 Å². The Morgan fingerprint density at radius 2 is 1.90 bits per heavy atom. The maximum Gasteiger partial charge on any atom is 0.227 e. The minimum Gasteiger partial charge on any atom is -0.326 e. The van der Waals surface area contributed by atoms with E-state index in [4.69, 9.17) is 5.73 Å². The van der Waals surface area contributed by atoms with E-state index >= 15 is 0 Å².